The van der Waals surface area contributed by atoms with Crippen molar-refractivity contribution >= 4 is 23.7 Å². The van der Waals surface area contributed by atoms with Gasteiger partial charge in [0.1, 0.15) is 35.8 Å². The van der Waals surface area contributed by atoms with Gasteiger partial charge in [-0.05, 0) is 69.0 Å². The van der Waals surface area contributed by atoms with Gasteiger partial charge >= 0.3 is 18.0 Å². The topological polar surface area (TPSA) is 168 Å². The summed E-state index contributed by atoms with van der Waals surface area (Å²) < 4.78 is 29.5. The second-order valence-electron chi connectivity index (χ2n) is 15.5. The number of ether oxygens (including phenoxy) is 5. The number of epoxide rings is 1. The van der Waals surface area contributed by atoms with Crippen molar-refractivity contribution in [3.8, 4) is 5.75 Å². The van der Waals surface area contributed by atoms with Gasteiger partial charge in [-0.25, -0.2) is 4.79 Å². The number of phenols is 1. The number of cyclic esters (lactones) is 1. The fraction of sp³-hybridized carbons (Fsp3) is 0.643. The van der Waals surface area contributed by atoms with Crippen molar-refractivity contribution in [2.45, 2.75) is 122 Å². The maximum Gasteiger partial charge on any atom is 0.410 e. The van der Waals surface area contributed by atoms with Gasteiger partial charge in [0.15, 0.2) is 0 Å². The molecule has 2 saturated heterocycles. The Balaban J connectivity index is 1.51. The zero-order valence-electron chi connectivity index (χ0n) is 33.6. The molecule has 2 fully saturated rings. The Morgan fingerprint density at radius 1 is 1.07 bits per heavy atom. The SMILES string of the molecule is CCC(OC)C(C)C1OC1C(OC(=O)N1CCN(c2ccc(O)cc2)CC1)C(C)/C=C/C=C(\C)C1OC(=O)CC(O)CCC(C)(O)C(OC(C)=O)/C=C/C1C. The number of anilines is 1. The molecule has 1 aromatic carbocycles. The number of rotatable bonds is 12. The lowest BCUT2D eigenvalue weighted by Crippen LogP contribution is -2.50. The first-order chi connectivity index (χ1) is 26.0. The third-order valence-electron chi connectivity index (χ3n) is 11.0. The van der Waals surface area contributed by atoms with Gasteiger partial charge < -0.3 is 48.8 Å². The molecule has 1 amide bonds. The van der Waals surface area contributed by atoms with E-state index in [1.54, 1.807) is 43.2 Å². The van der Waals surface area contributed by atoms with Crippen molar-refractivity contribution in [1.82, 2.24) is 4.90 Å². The molecule has 11 atom stereocenters. The van der Waals surface area contributed by atoms with Gasteiger partial charge in [-0.1, -0.05) is 52.0 Å². The first-order valence-electron chi connectivity index (χ1n) is 19.5. The van der Waals surface area contributed by atoms with Gasteiger partial charge in [0.2, 0.25) is 0 Å². The number of amides is 1. The standard InChI is InChI=1S/C42H62N2O11/c1-9-34(51-8)29(5)39-40(54-39)38(55-41(49)44-23-21-43(22-24-44)31-14-16-32(46)17-15-31)27(3)12-10-11-26(2)37-28(4)13-18-35(52-30(6)45)42(7,50)20-19-33(47)25-36(48)53-37/h10-18,27-29,33-35,37-40,46-47,50H,9,19-25H2,1-8H3/b12-10+,18-13+,26-11+. The summed E-state index contributed by atoms with van der Waals surface area (Å²) in [6.07, 6.45) is 5.62. The van der Waals surface area contributed by atoms with Crippen molar-refractivity contribution in [2.24, 2.45) is 17.8 Å². The van der Waals surface area contributed by atoms with E-state index in [0.717, 1.165) is 17.7 Å². The van der Waals surface area contributed by atoms with E-state index in [0.29, 0.717) is 26.2 Å². The second-order valence-corrected chi connectivity index (χ2v) is 15.5. The van der Waals surface area contributed by atoms with E-state index < -0.39 is 48.0 Å². The zero-order chi connectivity index (χ0) is 40.4. The molecule has 0 aromatic heterocycles. The monoisotopic (exact) mass is 770 g/mol. The molecule has 3 N–H and O–H groups in total. The fourth-order valence-electron chi connectivity index (χ4n) is 7.48. The highest BCUT2D eigenvalue weighted by molar-refractivity contribution is 5.70. The summed E-state index contributed by atoms with van der Waals surface area (Å²) in [5.74, 6) is -1.46. The summed E-state index contributed by atoms with van der Waals surface area (Å²) in [5, 5.41) is 31.3. The molecule has 0 radical (unpaired) electrons. The largest absolute Gasteiger partial charge is 0.508 e. The molecule has 55 heavy (non-hydrogen) atoms. The van der Waals surface area contributed by atoms with E-state index in [-0.39, 0.29) is 61.1 Å². The van der Waals surface area contributed by atoms with Crippen LogP contribution in [-0.4, -0.2) is 120 Å². The van der Waals surface area contributed by atoms with Crippen LogP contribution in [0.4, 0.5) is 10.5 Å². The minimum absolute atomic E-state index is 0.00278. The second kappa shape index (κ2) is 19.8. The Bertz CT molecular complexity index is 1510. The van der Waals surface area contributed by atoms with E-state index in [1.807, 2.05) is 51.1 Å². The van der Waals surface area contributed by atoms with E-state index in [4.69, 9.17) is 23.7 Å². The predicted octanol–water partition coefficient (Wildman–Crippen LogP) is 5.32. The molecule has 11 unspecified atom stereocenters. The lowest BCUT2D eigenvalue weighted by Gasteiger charge is -2.36. The van der Waals surface area contributed by atoms with Gasteiger partial charge in [-0.3, -0.25) is 9.59 Å². The van der Waals surface area contributed by atoms with Crippen LogP contribution in [-0.2, 0) is 33.3 Å². The van der Waals surface area contributed by atoms with E-state index >= 15 is 0 Å². The number of aliphatic hydroxyl groups excluding tert-OH is 1. The smallest absolute Gasteiger partial charge is 0.410 e. The van der Waals surface area contributed by atoms with Gasteiger partial charge in [-0.2, -0.15) is 0 Å². The summed E-state index contributed by atoms with van der Waals surface area (Å²) in [6, 6.07) is 7.02. The van der Waals surface area contributed by atoms with Crippen molar-refractivity contribution in [3.05, 3.63) is 60.2 Å². The van der Waals surface area contributed by atoms with Gasteiger partial charge in [0.25, 0.3) is 0 Å². The summed E-state index contributed by atoms with van der Waals surface area (Å²) in [7, 11) is 1.69. The number of allylic oxidation sites excluding steroid dienone is 2. The Kier molecular flexibility index (Phi) is 15.8. The minimum atomic E-state index is -1.46. The fourth-order valence-corrected chi connectivity index (χ4v) is 7.48. The van der Waals surface area contributed by atoms with Crippen molar-refractivity contribution in [2.75, 3.05) is 38.2 Å². The lowest BCUT2D eigenvalue weighted by atomic mass is 9.88. The molecule has 1 aromatic rings. The Morgan fingerprint density at radius 2 is 1.75 bits per heavy atom. The highest BCUT2D eigenvalue weighted by Gasteiger charge is 2.53. The number of carbonyl (C=O) groups is 3. The molecule has 13 nitrogen and oxygen atoms in total. The maximum atomic E-state index is 13.6. The number of piperazine rings is 1. The number of hydrogen-bond donors (Lipinski definition) is 3. The van der Waals surface area contributed by atoms with Crippen molar-refractivity contribution in [3.63, 3.8) is 0 Å². The van der Waals surface area contributed by atoms with Crippen LogP contribution in [0.25, 0.3) is 0 Å². The minimum Gasteiger partial charge on any atom is -0.508 e. The van der Waals surface area contributed by atoms with E-state index in [2.05, 4.69) is 18.7 Å². The molecule has 0 bridgehead atoms. The summed E-state index contributed by atoms with van der Waals surface area (Å²) in [6.45, 7) is 14.8. The van der Waals surface area contributed by atoms with Crippen LogP contribution in [0.3, 0.4) is 0 Å². The van der Waals surface area contributed by atoms with E-state index in [1.165, 1.54) is 6.92 Å². The Hall–Kier alpha value is -3.91. The molecule has 0 aliphatic carbocycles. The van der Waals surface area contributed by atoms with Gasteiger partial charge in [-0.15, -0.1) is 0 Å². The number of hydrogen-bond acceptors (Lipinski definition) is 12. The number of esters is 2. The van der Waals surface area contributed by atoms with E-state index in [9.17, 15) is 29.7 Å². The maximum absolute atomic E-state index is 13.6. The van der Waals surface area contributed by atoms with Crippen LogP contribution in [0.2, 0.25) is 0 Å². The first kappa shape index (κ1) is 43.8. The summed E-state index contributed by atoms with van der Waals surface area (Å²) in [4.78, 5) is 42.3. The molecular weight excluding hydrogens is 708 g/mol. The molecular formula is C42H62N2O11. The molecule has 3 aliphatic rings. The van der Waals surface area contributed by atoms with Crippen LogP contribution in [0, 0.1) is 17.8 Å². The van der Waals surface area contributed by atoms with Crippen LogP contribution in [0.15, 0.2) is 60.2 Å². The number of aliphatic hydroxyl groups is 2. The molecule has 13 heteroatoms. The highest BCUT2D eigenvalue weighted by atomic mass is 16.6. The molecule has 0 saturated carbocycles. The molecule has 3 aliphatic heterocycles. The number of phenolic OH excluding ortho intramolecular Hbond substituents is 1. The van der Waals surface area contributed by atoms with Gasteiger partial charge in [0, 0.05) is 63.7 Å². The average Bonchev–Trinajstić information content (AvgIpc) is 3.94. The Morgan fingerprint density at radius 3 is 2.36 bits per heavy atom. The third-order valence-corrected chi connectivity index (χ3v) is 11.0. The molecule has 4 rings (SSSR count). The number of benzene rings is 1. The third kappa shape index (κ3) is 12.3. The first-order valence-corrected chi connectivity index (χ1v) is 19.5. The average molecular weight is 771 g/mol. The quantitative estimate of drug-likeness (QED) is 0.0825. The highest BCUT2D eigenvalue weighted by Crippen LogP contribution is 2.39. The molecule has 3 heterocycles. The van der Waals surface area contributed by atoms with Crippen LogP contribution in [0.1, 0.15) is 74.1 Å². The van der Waals surface area contributed by atoms with Crippen LogP contribution >= 0.6 is 0 Å². The zero-order valence-corrected chi connectivity index (χ0v) is 33.6. The summed E-state index contributed by atoms with van der Waals surface area (Å²) in [5.41, 5.74) is 0.235. The van der Waals surface area contributed by atoms with Crippen LogP contribution < -0.4 is 4.90 Å². The van der Waals surface area contributed by atoms with Gasteiger partial charge in [0.05, 0.1) is 24.7 Å². The Labute approximate surface area is 325 Å². The van der Waals surface area contributed by atoms with Crippen LogP contribution in [0.5, 0.6) is 5.75 Å². The normalized spacial score (nSPS) is 30.9. The predicted molar refractivity (Wildman–Crippen MR) is 207 cm³/mol. The summed E-state index contributed by atoms with van der Waals surface area (Å²) >= 11 is 0. The number of carbonyl (C=O) groups excluding carboxylic acids is 3. The number of aromatic hydroxyl groups is 1. The van der Waals surface area contributed by atoms with Crippen molar-refractivity contribution in [1.29, 1.82) is 0 Å². The molecule has 306 valence electrons. The van der Waals surface area contributed by atoms with Crippen molar-refractivity contribution < 1.29 is 53.4 Å². The molecule has 0 spiro atoms. The lowest BCUT2D eigenvalue weighted by molar-refractivity contribution is -0.157. The number of methoxy groups -OCH3 is 1. The number of nitrogens with zero attached hydrogens (tertiary/aromatic N) is 2.